The first-order chi connectivity index (χ1) is 15.4. The average molecular weight is 446 g/mol. The molecule has 6 nitrogen and oxygen atoms in total. The van der Waals surface area contributed by atoms with Crippen molar-refractivity contribution in [1.82, 2.24) is 10.2 Å². The minimum absolute atomic E-state index is 0.0145. The number of carboxylic acids is 1. The van der Waals surface area contributed by atoms with Crippen LogP contribution in [-0.4, -0.2) is 41.6 Å². The molecule has 0 fully saturated rings. The Bertz CT molecular complexity index is 952. The van der Waals surface area contributed by atoms with Crippen LogP contribution in [0.2, 0.25) is 0 Å². The second kappa shape index (κ2) is 11.6. The summed E-state index contributed by atoms with van der Waals surface area (Å²) < 4.78 is 33.0. The molecular weight excluding hydrogens is 418 g/mol. The highest BCUT2D eigenvalue weighted by atomic mass is 19.2. The lowest BCUT2D eigenvalue weighted by atomic mass is 10.0. The Morgan fingerprint density at radius 2 is 1.84 bits per heavy atom. The van der Waals surface area contributed by atoms with Crippen molar-refractivity contribution in [3.05, 3.63) is 64.7 Å². The van der Waals surface area contributed by atoms with E-state index in [1.807, 2.05) is 23.1 Å². The fourth-order valence-electron chi connectivity index (χ4n) is 3.68. The summed E-state index contributed by atoms with van der Waals surface area (Å²) in [7, 11) is 0. The van der Waals surface area contributed by atoms with Crippen LogP contribution < -0.4 is 10.1 Å². The highest BCUT2D eigenvalue weighted by molar-refractivity contribution is 5.78. The minimum atomic E-state index is -0.933. The van der Waals surface area contributed by atoms with Crippen molar-refractivity contribution in [2.45, 2.75) is 45.2 Å². The number of nitrogens with zero attached hydrogens (tertiary/aromatic N) is 1. The van der Waals surface area contributed by atoms with E-state index in [1.54, 1.807) is 0 Å². The number of aliphatic carboxylic acids is 1. The Morgan fingerprint density at radius 3 is 2.62 bits per heavy atom. The normalized spacial score (nSPS) is 16.0. The van der Waals surface area contributed by atoms with Gasteiger partial charge in [-0.15, -0.1) is 0 Å². The van der Waals surface area contributed by atoms with Crippen molar-refractivity contribution in [2.75, 3.05) is 19.7 Å². The molecule has 0 saturated carbocycles. The highest BCUT2D eigenvalue weighted by Gasteiger charge is 2.17. The third-order valence-electron chi connectivity index (χ3n) is 5.30. The quantitative estimate of drug-likeness (QED) is 0.733. The number of rotatable bonds is 5. The summed E-state index contributed by atoms with van der Waals surface area (Å²) in [4.78, 5) is 25.3. The fourth-order valence-corrected chi connectivity index (χ4v) is 3.68. The van der Waals surface area contributed by atoms with Crippen molar-refractivity contribution >= 4 is 11.9 Å². The molecule has 0 bridgehead atoms. The highest BCUT2D eigenvalue weighted by Crippen LogP contribution is 2.24. The number of ether oxygens (including phenoxy) is 1. The number of carbonyl (C=O) groups excluding carboxylic acids is 1. The average Bonchev–Trinajstić information content (AvgIpc) is 2.76. The van der Waals surface area contributed by atoms with E-state index in [4.69, 9.17) is 9.84 Å². The molecule has 2 aromatic carbocycles. The molecule has 1 aliphatic heterocycles. The number of aryl methyl sites for hydroxylation is 1. The minimum Gasteiger partial charge on any atom is -0.493 e. The van der Waals surface area contributed by atoms with Gasteiger partial charge in [-0.2, -0.15) is 0 Å². The molecule has 172 valence electrons. The lowest BCUT2D eigenvalue weighted by molar-refractivity contribution is -0.137. The van der Waals surface area contributed by atoms with Crippen LogP contribution in [0.4, 0.5) is 8.78 Å². The van der Waals surface area contributed by atoms with Gasteiger partial charge in [0.05, 0.1) is 13.2 Å². The number of nitrogens with one attached hydrogen (secondary N) is 1. The van der Waals surface area contributed by atoms with E-state index < -0.39 is 17.6 Å². The summed E-state index contributed by atoms with van der Waals surface area (Å²) in [6.07, 6.45) is 3.02. The molecule has 2 aromatic rings. The van der Waals surface area contributed by atoms with Gasteiger partial charge in [-0.05, 0) is 55.0 Å². The zero-order valence-electron chi connectivity index (χ0n) is 17.9. The smallest absolute Gasteiger partial charge is 0.303 e. The summed E-state index contributed by atoms with van der Waals surface area (Å²) >= 11 is 0. The van der Waals surface area contributed by atoms with E-state index in [2.05, 4.69) is 5.32 Å². The van der Waals surface area contributed by atoms with E-state index in [-0.39, 0.29) is 25.4 Å². The topological polar surface area (TPSA) is 78.9 Å². The molecule has 0 saturated heterocycles. The Labute approximate surface area is 186 Å². The molecule has 32 heavy (non-hydrogen) atoms. The zero-order valence-corrected chi connectivity index (χ0v) is 17.9. The van der Waals surface area contributed by atoms with Crippen molar-refractivity contribution < 1.29 is 28.2 Å². The van der Waals surface area contributed by atoms with Crippen LogP contribution in [0, 0.1) is 11.6 Å². The Hall–Kier alpha value is -3.00. The first-order valence-corrected chi connectivity index (χ1v) is 10.8. The van der Waals surface area contributed by atoms with Gasteiger partial charge in [0.15, 0.2) is 11.6 Å². The molecule has 0 aliphatic carbocycles. The number of benzene rings is 2. The predicted molar refractivity (Wildman–Crippen MR) is 115 cm³/mol. The molecular formula is C24H28F2N2O4. The van der Waals surface area contributed by atoms with Crippen LogP contribution >= 0.6 is 0 Å². The van der Waals surface area contributed by atoms with Crippen LogP contribution in [0.5, 0.6) is 5.75 Å². The molecule has 0 radical (unpaired) electrons. The van der Waals surface area contributed by atoms with Crippen molar-refractivity contribution in [3.8, 4) is 5.75 Å². The zero-order chi connectivity index (χ0) is 22.9. The largest absolute Gasteiger partial charge is 0.493 e. The second-order valence-corrected chi connectivity index (χ2v) is 7.99. The molecule has 0 spiro atoms. The van der Waals surface area contributed by atoms with Crippen LogP contribution in [0.1, 0.15) is 42.4 Å². The van der Waals surface area contributed by atoms with Crippen LogP contribution in [0.15, 0.2) is 36.4 Å². The third-order valence-corrected chi connectivity index (χ3v) is 5.30. The number of fused-ring (bicyclic) bond motifs is 1. The maximum Gasteiger partial charge on any atom is 0.303 e. The lowest BCUT2D eigenvalue weighted by Crippen LogP contribution is -2.37. The van der Waals surface area contributed by atoms with Gasteiger partial charge < -0.3 is 15.2 Å². The standard InChI is InChI=1S/C24H28F2N2O4/c25-20-7-4-18(13-21(20)26)14-28-15-19-12-17(6-9-24(30)31)5-8-22(19)32-11-3-1-2-10-27-23(29)16-28/h4-5,7-8,12-13H,1-3,6,9-11,14-16H2,(H,27,29)(H,30,31). The molecule has 3 rings (SSSR count). The molecule has 0 aromatic heterocycles. The van der Waals surface area contributed by atoms with Gasteiger partial charge in [-0.3, -0.25) is 14.5 Å². The third kappa shape index (κ3) is 7.30. The Balaban J connectivity index is 1.87. The number of halogens is 2. The van der Waals surface area contributed by atoms with E-state index >= 15 is 0 Å². The predicted octanol–water partition coefficient (Wildman–Crippen LogP) is 3.66. The maximum atomic E-state index is 13.7. The van der Waals surface area contributed by atoms with Gasteiger partial charge in [0.25, 0.3) is 0 Å². The van der Waals surface area contributed by atoms with Crippen molar-refractivity contribution in [1.29, 1.82) is 0 Å². The van der Waals surface area contributed by atoms with Gasteiger partial charge in [0.2, 0.25) is 5.91 Å². The van der Waals surface area contributed by atoms with E-state index in [9.17, 15) is 18.4 Å². The van der Waals surface area contributed by atoms with E-state index in [1.165, 1.54) is 6.07 Å². The van der Waals surface area contributed by atoms with Gasteiger partial charge in [-0.1, -0.05) is 18.2 Å². The van der Waals surface area contributed by atoms with E-state index in [0.717, 1.165) is 42.5 Å². The van der Waals surface area contributed by atoms with Crippen LogP contribution in [0.3, 0.4) is 0 Å². The first-order valence-electron chi connectivity index (χ1n) is 10.8. The molecule has 2 N–H and O–H groups in total. The summed E-state index contributed by atoms with van der Waals surface area (Å²) in [5, 5.41) is 11.9. The van der Waals surface area contributed by atoms with Crippen LogP contribution in [0.25, 0.3) is 0 Å². The number of carboxylic acid groups (broad SMARTS) is 1. The second-order valence-electron chi connectivity index (χ2n) is 7.99. The molecule has 1 amide bonds. The number of amides is 1. The summed E-state index contributed by atoms with van der Waals surface area (Å²) in [6, 6.07) is 9.29. The van der Waals surface area contributed by atoms with Crippen molar-refractivity contribution in [2.24, 2.45) is 0 Å². The van der Waals surface area contributed by atoms with Gasteiger partial charge in [-0.25, -0.2) is 8.78 Å². The monoisotopic (exact) mass is 446 g/mol. The number of hydrogen-bond donors (Lipinski definition) is 2. The maximum absolute atomic E-state index is 13.7. The van der Waals surface area contributed by atoms with Gasteiger partial charge >= 0.3 is 5.97 Å². The molecule has 8 heteroatoms. The van der Waals surface area contributed by atoms with Crippen molar-refractivity contribution in [3.63, 3.8) is 0 Å². The summed E-state index contributed by atoms with van der Waals surface area (Å²) in [5.74, 6) is -2.19. The fraction of sp³-hybridized carbons (Fsp3) is 0.417. The molecule has 1 heterocycles. The summed E-state index contributed by atoms with van der Waals surface area (Å²) in [6.45, 7) is 1.77. The molecule has 0 unspecified atom stereocenters. The van der Waals surface area contributed by atoms with Gasteiger partial charge in [0, 0.05) is 31.6 Å². The molecule has 0 atom stereocenters. The first kappa shape index (κ1) is 23.7. The summed E-state index contributed by atoms with van der Waals surface area (Å²) in [5.41, 5.74) is 2.23. The number of hydrogen-bond acceptors (Lipinski definition) is 4. The van der Waals surface area contributed by atoms with E-state index in [0.29, 0.717) is 37.4 Å². The molecule has 1 aliphatic rings. The Kier molecular flexibility index (Phi) is 8.56. The van der Waals surface area contributed by atoms with Gasteiger partial charge in [0.1, 0.15) is 5.75 Å². The van der Waals surface area contributed by atoms with Crippen LogP contribution in [-0.2, 0) is 29.1 Å². The lowest BCUT2D eigenvalue weighted by Gasteiger charge is -2.24. The Morgan fingerprint density at radius 1 is 1.03 bits per heavy atom. The number of carbonyl (C=O) groups is 2. The SMILES string of the molecule is O=C(O)CCc1ccc2c(c1)CN(Cc1ccc(F)c(F)c1)CC(=O)NCCCCCO2.